The number of carbonyl (C=O) groups is 3. The second kappa shape index (κ2) is 11.2. The van der Waals surface area contributed by atoms with Gasteiger partial charge in [0, 0.05) is 5.70 Å². The number of halogens is 1. The van der Waals surface area contributed by atoms with Crippen LogP contribution in [0.4, 0.5) is 4.39 Å². The van der Waals surface area contributed by atoms with Gasteiger partial charge in [0.05, 0.1) is 30.2 Å². The van der Waals surface area contributed by atoms with Crippen LogP contribution >= 0.6 is 0 Å². The Morgan fingerprint density at radius 3 is 2.31 bits per heavy atom. The Labute approximate surface area is 170 Å². The number of carbonyl (C=O) groups excluding carboxylic acids is 2. The molecule has 0 heterocycles. The van der Waals surface area contributed by atoms with Crippen molar-refractivity contribution in [1.82, 2.24) is 5.32 Å². The highest BCUT2D eigenvalue weighted by Gasteiger charge is 2.36. The van der Waals surface area contributed by atoms with Crippen LogP contribution in [0.25, 0.3) is 0 Å². The van der Waals surface area contributed by atoms with E-state index in [4.69, 9.17) is 15.6 Å². The second-order valence-electron chi connectivity index (χ2n) is 6.90. The van der Waals surface area contributed by atoms with Gasteiger partial charge in [0.15, 0.2) is 0 Å². The first-order valence-electron chi connectivity index (χ1n) is 9.48. The van der Waals surface area contributed by atoms with Crippen molar-refractivity contribution in [3.8, 4) is 0 Å². The number of amides is 1. The molecule has 0 aliphatic heterocycles. The van der Waals surface area contributed by atoms with E-state index in [9.17, 15) is 18.8 Å². The van der Waals surface area contributed by atoms with Crippen molar-refractivity contribution in [3.63, 3.8) is 0 Å². The van der Waals surface area contributed by atoms with Crippen molar-refractivity contribution in [2.24, 2.45) is 17.6 Å². The van der Waals surface area contributed by atoms with Crippen molar-refractivity contribution >= 4 is 17.8 Å². The molecule has 0 radical (unpaired) electrons. The summed E-state index contributed by atoms with van der Waals surface area (Å²) in [6.45, 7) is 6.46. The summed E-state index contributed by atoms with van der Waals surface area (Å²) in [6, 6.07) is 0. The largest absolute Gasteiger partial charge is 0.478 e. The maximum absolute atomic E-state index is 13.9. The third-order valence-corrected chi connectivity index (χ3v) is 5.02. The monoisotopic (exact) mass is 408 g/mol. The van der Waals surface area contributed by atoms with Crippen LogP contribution in [0.3, 0.4) is 0 Å². The fourth-order valence-corrected chi connectivity index (χ4v) is 3.30. The second-order valence-corrected chi connectivity index (χ2v) is 6.90. The molecule has 1 rings (SSSR count). The molecular weight excluding hydrogens is 379 g/mol. The van der Waals surface area contributed by atoms with Gasteiger partial charge in [-0.3, -0.25) is 9.59 Å². The number of nitrogens with two attached hydrogens (primary N) is 1. The van der Waals surface area contributed by atoms with E-state index in [1.165, 1.54) is 19.3 Å². The third-order valence-electron chi connectivity index (χ3n) is 5.02. The Bertz CT molecular complexity index is 767. The predicted octanol–water partition coefficient (Wildman–Crippen LogP) is 3.10. The molecule has 4 N–H and O–H groups in total. The Balaban J connectivity index is 3.08. The van der Waals surface area contributed by atoms with Gasteiger partial charge in [-0.15, -0.1) is 0 Å². The van der Waals surface area contributed by atoms with Crippen LogP contribution in [0.5, 0.6) is 0 Å². The molecular formula is C21H29FN2O5. The molecule has 0 spiro atoms. The number of aliphatic carboxylic acids is 1. The first-order chi connectivity index (χ1) is 13.6. The van der Waals surface area contributed by atoms with Crippen LogP contribution in [0.2, 0.25) is 0 Å². The summed E-state index contributed by atoms with van der Waals surface area (Å²) in [6.07, 6.45) is 5.55. The lowest BCUT2D eigenvalue weighted by molar-refractivity contribution is -0.151. The minimum atomic E-state index is -1.13. The Morgan fingerprint density at radius 1 is 1.24 bits per heavy atom. The van der Waals surface area contributed by atoms with E-state index in [0.717, 1.165) is 12.8 Å². The Hall–Kier alpha value is -2.90. The molecule has 2 atom stereocenters. The van der Waals surface area contributed by atoms with Crippen molar-refractivity contribution in [1.29, 1.82) is 0 Å². The average Bonchev–Trinajstić information content (AvgIpc) is 2.69. The summed E-state index contributed by atoms with van der Waals surface area (Å²) in [5.41, 5.74) is 6.21. The highest BCUT2D eigenvalue weighted by molar-refractivity contribution is 5.88. The van der Waals surface area contributed by atoms with Crippen molar-refractivity contribution in [3.05, 3.63) is 47.1 Å². The van der Waals surface area contributed by atoms with Crippen LogP contribution in [-0.2, 0) is 19.1 Å². The van der Waals surface area contributed by atoms with Crippen LogP contribution in [-0.4, -0.2) is 30.1 Å². The lowest BCUT2D eigenvalue weighted by Gasteiger charge is -2.28. The smallest absolute Gasteiger partial charge is 0.333 e. The first-order valence-corrected chi connectivity index (χ1v) is 9.48. The van der Waals surface area contributed by atoms with Crippen molar-refractivity contribution in [2.45, 2.75) is 46.0 Å². The minimum Gasteiger partial charge on any atom is -0.478 e. The third kappa shape index (κ3) is 6.58. The molecule has 7 nitrogen and oxygen atoms in total. The van der Waals surface area contributed by atoms with E-state index in [0.29, 0.717) is 18.4 Å². The summed E-state index contributed by atoms with van der Waals surface area (Å²) in [5, 5.41) is 11.6. The molecule has 29 heavy (non-hydrogen) atoms. The zero-order chi connectivity index (χ0) is 22.1. The fourth-order valence-electron chi connectivity index (χ4n) is 3.30. The zero-order valence-corrected chi connectivity index (χ0v) is 17.1. The van der Waals surface area contributed by atoms with Crippen molar-refractivity contribution < 1.29 is 28.6 Å². The van der Waals surface area contributed by atoms with Gasteiger partial charge >= 0.3 is 11.9 Å². The van der Waals surface area contributed by atoms with E-state index in [-0.39, 0.29) is 23.4 Å². The molecule has 160 valence electrons. The van der Waals surface area contributed by atoms with Gasteiger partial charge in [-0.05, 0) is 37.8 Å². The molecule has 1 saturated carbocycles. The molecule has 0 aromatic rings. The van der Waals surface area contributed by atoms with Gasteiger partial charge in [0.1, 0.15) is 5.83 Å². The lowest BCUT2D eigenvalue weighted by atomic mass is 9.78. The number of methoxy groups -OCH3 is 1. The standard InChI is InChI=1S/C21H29FN2O5/c1-5-14(20(26)27)18(23)12(2)10-11-17(13(3)22)24-19(25)15-8-6-7-9-16(15)21(28)29-4/h10-11,15-16H,3,5-9,23H2,1-2,4H3,(H,24,25)(H,26,27)/b12-10+,17-11+,18-14+/t15-,16-/m0/s1. The summed E-state index contributed by atoms with van der Waals surface area (Å²) in [5.74, 6) is -4.13. The SMILES string of the molecule is C=C(F)\C(=C/C=C(C)/C(N)=C(/CC)C(=O)O)NC(=O)[C@H]1CCCC[C@@H]1C(=O)OC. The summed E-state index contributed by atoms with van der Waals surface area (Å²) in [4.78, 5) is 35.8. The maximum atomic E-state index is 13.9. The number of hydrogen-bond donors (Lipinski definition) is 3. The van der Waals surface area contributed by atoms with Gasteiger partial charge in [-0.2, -0.15) is 0 Å². The first kappa shape index (κ1) is 24.1. The topological polar surface area (TPSA) is 119 Å². The quantitative estimate of drug-likeness (QED) is 0.323. The number of nitrogens with one attached hydrogen (secondary N) is 1. The van der Waals surface area contributed by atoms with Crippen LogP contribution in [0.1, 0.15) is 46.0 Å². The zero-order valence-electron chi connectivity index (χ0n) is 17.1. The molecule has 8 heteroatoms. The molecule has 1 aliphatic carbocycles. The fraction of sp³-hybridized carbons (Fsp3) is 0.476. The average molecular weight is 408 g/mol. The molecule has 0 unspecified atom stereocenters. The highest BCUT2D eigenvalue weighted by atomic mass is 19.1. The van der Waals surface area contributed by atoms with Gasteiger partial charge in [-0.25, -0.2) is 9.18 Å². The highest BCUT2D eigenvalue weighted by Crippen LogP contribution is 2.31. The lowest BCUT2D eigenvalue weighted by Crippen LogP contribution is -2.40. The minimum absolute atomic E-state index is 0.0416. The number of allylic oxidation sites excluding steroid dienone is 4. The van der Waals surface area contributed by atoms with Crippen LogP contribution < -0.4 is 11.1 Å². The maximum Gasteiger partial charge on any atom is 0.333 e. The van der Waals surface area contributed by atoms with Crippen LogP contribution in [0, 0.1) is 11.8 Å². The number of rotatable bonds is 8. The van der Waals surface area contributed by atoms with Gasteiger partial charge in [0.2, 0.25) is 5.91 Å². The molecule has 1 amide bonds. The normalized spacial score (nSPS) is 21.1. The number of carboxylic acids is 1. The predicted molar refractivity (Wildman–Crippen MR) is 107 cm³/mol. The molecule has 0 aromatic carbocycles. The molecule has 1 aliphatic rings. The molecule has 0 aromatic heterocycles. The van der Waals surface area contributed by atoms with Crippen LogP contribution in [0.15, 0.2) is 47.1 Å². The Kier molecular flexibility index (Phi) is 9.31. The summed E-state index contributed by atoms with van der Waals surface area (Å²) < 4.78 is 18.7. The number of ether oxygens (including phenoxy) is 1. The number of esters is 1. The number of hydrogen-bond acceptors (Lipinski definition) is 5. The van der Waals surface area contributed by atoms with E-state index in [2.05, 4.69) is 11.9 Å². The number of carboxylic acid groups (broad SMARTS) is 1. The molecule has 0 saturated heterocycles. The van der Waals surface area contributed by atoms with Gasteiger partial charge < -0.3 is 20.9 Å². The van der Waals surface area contributed by atoms with E-state index < -0.39 is 35.5 Å². The van der Waals surface area contributed by atoms with Crippen molar-refractivity contribution in [2.75, 3.05) is 7.11 Å². The van der Waals surface area contributed by atoms with E-state index in [1.807, 2.05) is 0 Å². The van der Waals surface area contributed by atoms with E-state index >= 15 is 0 Å². The van der Waals surface area contributed by atoms with E-state index in [1.54, 1.807) is 13.8 Å². The molecule has 1 fully saturated rings. The molecule has 0 bridgehead atoms. The summed E-state index contributed by atoms with van der Waals surface area (Å²) >= 11 is 0. The summed E-state index contributed by atoms with van der Waals surface area (Å²) in [7, 11) is 1.27. The van der Waals surface area contributed by atoms with Gasteiger partial charge in [-0.1, -0.05) is 32.4 Å². The van der Waals surface area contributed by atoms with Gasteiger partial charge in [0.25, 0.3) is 0 Å². The Morgan fingerprint density at radius 2 is 1.83 bits per heavy atom.